The smallest absolute Gasteiger partial charge is 0.222 e. The van der Waals surface area contributed by atoms with Crippen LogP contribution < -0.4 is 11.1 Å². The quantitative estimate of drug-likeness (QED) is 0.758. The lowest BCUT2D eigenvalue weighted by atomic mass is 10.0. The van der Waals surface area contributed by atoms with Crippen molar-refractivity contribution in [2.24, 2.45) is 11.7 Å². The van der Waals surface area contributed by atoms with Gasteiger partial charge in [-0.3, -0.25) is 9.20 Å². The fourth-order valence-electron chi connectivity index (χ4n) is 4.05. The molecule has 3 aromatic rings. The molecule has 132 valence electrons. The second-order valence-corrected chi connectivity index (χ2v) is 6.85. The lowest BCUT2D eigenvalue weighted by Crippen LogP contribution is -2.34. The Morgan fingerprint density at radius 1 is 1.42 bits per heavy atom. The molecule has 1 aliphatic carbocycles. The van der Waals surface area contributed by atoms with Gasteiger partial charge in [-0.1, -0.05) is 25.5 Å². The van der Waals surface area contributed by atoms with Gasteiger partial charge in [0.05, 0.1) is 22.5 Å². The van der Waals surface area contributed by atoms with Crippen molar-refractivity contribution in [2.45, 2.75) is 38.6 Å². The first kappa shape index (κ1) is 16.4. The minimum Gasteiger partial charge on any atom is -0.369 e. The molecular weight excluding hydrogens is 326 g/mol. The third-order valence-electron chi connectivity index (χ3n) is 5.36. The zero-order valence-electron chi connectivity index (χ0n) is 14.7. The number of anilines is 1. The molecule has 26 heavy (non-hydrogen) atoms. The van der Waals surface area contributed by atoms with Gasteiger partial charge in [-0.25, -0.2) is 4.98 Å². The summed E-state index contributed by atoms with van der Waals surface area (Å²) in [5, 5.41) is 13.2. The molecule has 2 atom stereocenters. The molecule has 0 unspecified atom stereocenters. The Labute approximate surface area is 151 Å². The molecule has 1 amide bonds. The molecule has 6 heteroatoms. The van der Waals surface area contributed by atoms with Gasteiger partial charge in [0, 0.05) is 6.04 Å². The molecule has 0 aliphatic heterocycles. The highest BCUT2D eigenvalue weighted by atomic mass is 16.1. The van der Waals surface area contributed by atoms with Crippen molar-refractivity contribution < 1.29 is 4.79 Å². The third-order valence-corrected chi connectivity index (χ3v) is 5.36. The summed E-state index contributed by atoms with van der Waals surface area (Å²) in [5.41, 5.74) is 9.58. The molecule has 1 fully saturated rings. The van der Waals surface area contributed by atoms with Crippen LogP contribution in [0.4, 0.5) is 5.82 Å². The molecule has 3 N–H and O–H groups in total. The Morgan fingerprint density at radius 2 is 2.23 bits per heavy atom. The number of imidazole rings is 1. The zero-order chi connectivity index (χ0) is 18.3. The van der Waals surface area contributed by atoms with E-state index in [1.807, 2.05) is 41.7 Å². The predicted molar refractivity (Wildman–Crippen MR) is 101 cm³/mol. The molecular formula is C20H21N5O. The number of pyridine rings is 1. The van der Waals surface area contributed by atoms with Crippen LogP contribution in [0.3, 0.4) is 0 Å². The first-order valence-corrected chi connectivity index (χ1v) is 9.03. The van der Waals surface area contributed by atoms with Gasteiger partial charge >= 0.3 is 0 Å². The second kappa shape index (κ2) is 6.34. The van der Waals surface area contributed by atoms with Gasteiger partial charge in [-0.15, -0.1) is 0 Å². The van der Waals surface area contributed by atoms with E-state index in [0.29, 0.717) is 11.2 Å². The Hall–Kier alpha value is -3.07. The monoisotopic (exact) mass is 347 g/mol. The second-order valence-electron chi connectivity index (χ2n) is 6.85. The summed E-state index contributed by atoms with van der Waals surface area (Å²) < 4.78 is 1.99. The van der Waals surface area contributed by atoms with Crippen molar-refractivity contribution in [3.63, 3.8) is 0 Å². The fourth-order valence-corrected chi connectivity index (χ4v) is 4.05. The van der Waals surface area contributed by atoms with Gasteiger partial charge in [-0.05, 0) is 43.0 Å². The Morgan fingerprint density at radius 3 is 2.96 bits per heavy atom. The molecule has 0 saturated heterocycles. The highest BCUT2D eigenvalue weighted by molar-refractivity contribution is 5.85. The van der Waals surface area contributed by atoms with Crippen molar-refractivity contribution in [3.05, 3.63) is 41.5 Å². The number of aromatic nitrogens is 2. The zero-order valence-corrected chi connectivity index (χ0v) is 14.7. The van der Waals surface area contributed by atoms with Gasteiger partial charge < -0.3 is 11.1 Å². The van der Waals surface area contributed by atoms with Gasteiger partial charge in [0.2, 0.25) is 5.91 Å². The SMILES string of the molecule is CCc1cc(N[C@@H]2CCC[C@@H]2C(N)=O)n2c(nc3ccccc32)c1C#N. The molecule has 1 aliphatic rings. The molecule has 1 saturated carbocycles. The Balaban J connectivity index is 1.93. The first-order chi connectivity index (χ1) is 12.6. The van der Waals surface area contributed by atoms with Crippen molar-refractivity contribution in [2.75, 3.05) is 5.32 Å². The fraction of sp³-hybridized carbons (Fsp3) is 0.350. The Bertz CT molecular complexity index is 1050. The number of hydrogen-bond donors (Lipinski definition) is 2. The number of nitrogens with zero attached hydrogens (tertiary/aromatic N) is 3. The van der Waals surface area contributed by atoms with Crippen LogP contribution in [-0.4, -0.2) is 21.3 Å². The molecule has 0 spiro atoms. The number of benzene rings is 1. The van der Waals surface area contributed by atoms with Crippen LogP contribution in [0.1, 0.15) is 37.3 Å². The number of amides is 1. The molecule has 0 bridgehead atoms. The van der Waals surface area contributed by atoms with E-state index in [1.54, 1.807) is 0 Å². The van der Waals surface area contributed by atoms with Gasteiger partial charge in [0.1, 0.15) is 11.9 Å². The minimum absolute atomic E-state index is 0.00880. The molecule has 0 radical (unpaired) electrons. The summed E-state index contributed by atoms with van der Waals surface area (Å²) >= 11 is 0. The average molecular weight is 347 g/mol. The van der Waals surface area contributed by atoms with E-state index in [0.717, 1.165) is 48.1 Å². The predicted octanol–water partition coefficient (Wildman–Crippen LogP) is 2.99. The first-order valence-electron chi connectivity index (χ1n) is 9.03. The summed E-state index contributed by atoms with van der Waals surface area (Å²) in [7, 11) is 0. The molecule has 6 nitrogen and oxygen atoms in total. The maximum Gasteiger partial charge on any atom is 0.222 e. The number of carbonyl (C=O) groups excluding carboxylic acids is 1. The number of nitriles is 1. The third kappa shape index (κ3) is 2.48. The maximum atomic E-state index is 11.8. The number of aryl methyl sites for hydroxylation is 1. The highest BCUT2D eigenvalue weighted by Crippen LogP contribution is 2.32. The van der Waals surface area contributed by atoms with Crippen LogP contribution in [0.25, 0.3) is 16.7 Å². The summed E-state index contributed by atoms with van der Waals surface area (Å²) in [5.74, 6) is 0.444. The maximum absolute atomic E-state index is 11.8. The lowest BCUT2D eigenvalue weighted by Gasteiger charge is -2.21. The van der Waals surface area contributed by atoms with Crippen LogP contribution in [-0.2, 0) is 11.2 Å². The number of rotatable bonds is 4. The van der Waals surface area contributed by atoms with Crippen LogP contribution in [0, 0.1) is 17.2 Å². The number of para-hydroxylation sites is 2. The van der Waals surface area contributed by atoms with Crippen LogP contribution in [0.5, 0.6) is 0 Å². The van der Waals surface area contributed by atoms with E-state index < -0.39 is 0 Å². The lowest BCUT2D eigenvalue weighted by molar-refractivity contribution is -0.121. The van der Waals surface area contributed by atoms with Crippen LogP contribution >= 0.6 is 0 Å². The molecule has 2 aromatic heterocycles. The number of nitrogens with two attached hydrogens (primary N) is 1. The number of fused-ring (bicyclic) bond motifs is 3. The molecule has 4 rings (SSSR count). The number of carbonyl (C=O) groups is 1. The molecule has 1 aromatic carbocycles. The van der Waals surface area contributed by atoms with E-state index >= 15 is 0 Å². The van der Waals surface area contributed by atoms with Crippen LogP contribution in [0.15, 0.2) is 30.3 Å². The molecule has 2 heterocycles. The average Bonchev–Trinajstić information content (AvgIpc) is 3.25. The normalized spacial score (nSPS) is 19.7. The largest absolute Gasteiger partial charge is 0.369 e. The summed E-state index contributed by atoms with van der Waals surface area (Å²) in [4.78, 5) is 16.5. The van der Waals surface area contributed by atoms with Gasteiger partial charge in [-0.2, -0.15) is 5.26 Å². The highest BCUT2D eigenvalue weighted by Gasteiger charge is 2.32. The van der Waals surface area contributed by atoms with E-state index in [-0.39, 0.29) is 17.9 Å². The Kier molecular flexibility index (Phi) is 4.00. The van der Waals surface area contributed by atoms with Gasteiger partial charge in [0.25, 0.3) is 0 Å². The standard InChI is InChI=1S/C20H21N5O/c1-2-12-10-18(23-15-8-5-6-13(15)19(22)26)25-17-9-4-3-7-16(17)24-20(25)14(12)11-21/h3-4,7,9-10,13,15,23H,2,5-6,8H2,1H3,(H2,22,26)/t13-,15+/m0/s1. The summed E-state index contributed by atoms with van der Waals surface area (Å²) in [6.07, 6.45) is 3.44. The number of hydrogen-bond acceptors (Lipinski definition) is 4. The van der Waals surface area contributed by atoms with E-state index in [4.69, 9.17) is 10.7 Å². The minimum atomic E-state index is -0.254. The van der Waals surface area contributed by atoms with E-state index in [9.17, 15) is 10.1 Å². The number of nitrogens with one attached hydrogen (secondary N) is 1. The van der Waals surface area contributed by atoms with Crippen molar-refractivity contribution in [1.29, 1.82) is 5.26 Å². The summed E-state index contributed by atoms with van der Waals surface area (Å²) in [6, 6.07) is 12.2. The van der Waals surface area contributed by atoms with Gasteiger partial charge in [0.15, 0.2) is 5.65 Å². The van der Waals surface area contributed by atoms with Crippen molar-refractivity contribution >= 4 is 28.4 Å². The van der Waals surface area contributed by atoms with Crippen molar-refractivity contribution in [3.8, 4) is 6.07 Å². The van der Waals surface area contributed by atoms with E-state index in [1.165, 1.54) is 0 Å². The van der Waals surface area contributed by atoms with Crippen LogP contribution in [0.2, 0.25) is 0 Å². The van der Waals surface area contributed by atoms with E-state index in [2.05, 4.69) is 11.4 Å². The number of primary amides is 1. The summed E-state index contributed by atoms with van der Waals surface area (Å²) in [6.45, 7) is 2.03. The topological polar surface area (TPSA) is 96.2 Å². The van der Waals surface area contributed by atoms with Crippen molar-refractivity contribution in [1.82, 2.24) is 9.38 Å².